The summed E-state index contributed by atoms with van der Waals surface area (Å²) in [5.41, 5.74) is 5.65. The largest absolute Gasteiger partial charge is 0.490 e. The first-order valence-electron chi connectivity index (χ1n) is 5.15. The lowest BCUT2D eigenvalue weighted by Crippen LogP contribution is -2.20. The SMILES string of the molecule is CCOc1cc([C@H](N)C(=O)O)ccc1OC(F)F. The summed E-state index contributed by atoms with van der Waals surface area (Å²) in [6.45, 7) is -1.09. The van der Waals surface area contributed by atoms with Crippen LogP contribution in [0.3, 0.4) is 0 Å². The van der Waals surface area contributed by atoms with Crippen LogP contribution in [0.5, 0.6) is 11.5 Å². The van der Waals surface area contributed by atoms with E-state index in [-0.39, 0.29) is 23.7 Å². The summed E-state index contributed by atoms with van der Waals surface area (Å²) in [7, 11) is 0. The molecule has 0 aromatic heterocycles. The van der Waals surface area contributed by atoms with Gasteiger partial charge in [-0.05, 0) is 24.6 Å². The van der Waals surface area contributed by atoms with Gasteiger partial charge in [0, 0.05) is 0 Å². The van der Waals surface area contributed by atoms with E-state index in [0.29, 0.717) is 0 Å². The van der Waals surface area contributed by atoms with Crippen LogP contribution >= 0.6 is 0 Å². The summed E-state index contributed by atoms with van der Waals surface area (Å²) >= 11 is 0. The Bertz CT molecular complexity index is 426. The molecule has 1 aromatic carbocycles. The van der Waals surface area contributed by atoms with Gasteiger partial charge in [0.2, 0.25) is 0 Å². The normalized spacial score (nSPS) is 12.3. The van der Waals surface area contributed by atoms with Gasteiger partial charge in [-0.2, -0.15) is 8.78 Å². The van der Waals surface area contributed by atoms with Crippen molar-refractivity contribution in [3.05, 3.63) is 23.8 Å². The first-order chi connectivity index (χ1) is 8.45. The molecule has 1 rings (SSSR count). The van der Waals surface area contributed by atoms with Gasteiger partial charge in [0.1, 0.15) is 6.04 Å². The molecular formula is C11H13F2NO4. The lowest BCUT2D eigenvalue weighted by molar-refractivity contribution is -0.138. The molecule has 100 valence electrons. The minimum Gasteiger partial charge on any atom is -0.490 e. The molecule has 0 fully saturated rings. The molecule has 5 nitrogen and oxygen atoms in total. The van der Waals surface area contributed by atoms with Crippen molar-refractivity contribution in [1.29, 1.82) is 0 Å². The zero-order valence-corrected chi connectivity index (χ0v) is 9.60. The van der Waals surface area contributed by atoms with E-state index in [9.17, 15) is 13.6 Å². The van der Waals surface area contributed by atoms with Crippen LogP contribution in [-0.4, -0.2) is 24.3 Å². The first-order valence-corrected chi connectivity index (χ1v) is 5.15. The molecular weight excluding hydrogens is 248 g/mol. The number of aliphatic carboxylic acids is 1. The second kappa shape index (κ2) is 6.15. The molecule has 0 radical (unpaired) electrons. The van der Waals surface area contributed by atoms with E-state index in [4.69, 9.17) is 15.6 Å². The molecule has 0 amide bonds. The van der Waals surface area contributed by atoms with Gasteiger partial charge in [-0.1, -0.05) is 6.07 Å². The Morgan fingerprint density at radius 3 is 2.61 bits per heavy atom. The Morgan fingerprint density at radius 1 is 1.44 bits per heavy atom. The molecule has 1 aromatic rings. The fourth-order valence-electron chi connectivity index (χ4n) is 1.32. The number of carbonyl (C=O) groups is 1. The molecule has 0 aliphatic rings. The molecule has 7 heteroatoms. The average Bonchev–Trinajstić information content (AvgIpc) is 2.30. The highest BCUT2D eigenvalue weighted by atomic mass is 19.3. The predicted molar refractivity (Wildman–Crippen MR) is 58.8 cm³/mol. The molecule has 0 heterocycles. The second-order valence-corrected chi connectivity index (χ2v) is 3.33. The van der Waals surface area contributed by atoms with E-state index in [1.165, 1.54) is 18.2 Å². The maximum Gasteiger partial charge on any atom is 0.387 e. The Hall–Kier alpha value is -1.89. The van der Waals surface area contributed by atoms with Crippen molar-refractivity contribution in [2.75, 3.05) is 6.61 Å². The maximum absolute atomic E-state index is 12.1. The zero-order valence-electron chi connectivity index (χ0n) is 9.60. The smallest absolute Gasteiger partial charge is 0.387 e. The van der Waals surface area contributed by atoms with E-state index < -0.39 is 18.6 Å². The van der Waals surface area contributed by atoms with Crippen molar-refractivity contribution < 1.29 is 28.2 Å². The van der Waals surface area contributed by atoms with Crippen LogP contribution in [0, 0.1) is 0 Å². The third kappa shape index (κ3) is 3.56. The molecule has 1 atom stereocenters. The second-order valence-electron chi connectivity index (χ2n) is 3.33. The van der Waals surface area contributed by atoms with Crippen molar-refractivity contribution in [3.63, 3.8) is 0 Å². The Labute approximate surface area is 102 Å². The quantitative estimate of drug-likeness (QED) is 0.815. The van der Waals surface area contributed by atoms with Gasteiger partial charge in [0.05, 0.1) is 6.61 Å². The van der Waals surface area contributed by atoms with Crippen LogP contribution < -0.4 is 15.2 Å². The predicted octanol–water partition coefficient (Wildman–Crippen LogP) is 1.77. The number of carboxylic acid groups (broad SMARTS) is 1. The summed E-state index contributed by atoms with van der Waals surface area (Å²) < 4.78 is 33.6. The minimum absolute atomic E-state index is 0.0343. The van der Waals surface area contributed by atoms with Gasteiger partial charge in [-0.3, -0.25) is 4.79 Å². The van der Waals surface area contributed by atoms with Gasteiger partial charge < -0.3 is 20.3 Å². The van der Waals surface area contributed by atoms with Gasteiger partial charge in [-0.25, -0.2) is 0 Å². The summed E-state index contributed by atoms with van der Waals surface area (Å²) in [6, 6.07) is 2.54. The van der Waals surface area contributed by atoms with Gasteiger partial charge in [0.15, 0.2) is 11.5 Å². The number of carboxylic acids is 1. The number of nitrogens with two attached hydrogens (primary N) is 1. The van der Waals surface area contributed by atoms with Crippen molar-refractivity contribution in [3.8, 4) is 11.5 Å². The van der Waals surface area contributed by atoms with E-state index >= 15 is 0 Å². The lowest BCUT2D eigenvalue weighted by Gasteiger charge is -2.14. The number of alkyl halides is 2. The Morgan fingerprint density at radius 2 is 2.11 bits per heavy atom. The van der Waals surface area contributed by atoms with Crippen LogP contribution in [0.4, 0.5) is 8.78 Å². The van der Waals surface area contributed by atoms with Gasteiger partial charge >= 0.3 is 12.6 Å². The molecule has 0 bridgehead atoms. The number of benzene rings is 1. The van der Waals surface area contributed by atoms with Gasteiger partial charge in [-0.15, -0.1) is 0 Å². The summed E-state index contributed by atoms with van der Waals surface area (Å²) in [5, 5.41) is 8.75. The molecule has 3 N–H and O–H groups in total. The van der Waals surface area contributed by atoms with Crippen LogP contribution in [0.1, 0.15) is 18.5 Å². The minimum atomic E-state index is -2.98. The highest BCUT2D eigenvalue weighted by Gasteiger charge is 2.18. The molecule has 18 heavy (non-hydrogen) atoms. The van der Waals surface area contributed by atoms with Crippen molar-refractivity contribution >= 4 is 5.97 Å². The van der Waals surface area contributed by atoms with Crippen LogP contribution in [0.25, 0.3) is 0 Å². The summed E-state index contributed by atoms with van der Waals surface area (Å²) in [4.78, 5) is 10.7. The monoisotopic (exact) mass is 261 g/mol. The van der Waals surface area contributed by atoms with Crippen LogP contribution in [-0.2, 0) is 4.79 Å². The standard InChI is InChI=1S/C11H13F2NO4/c1-2-17-8-5-6(9(14)10(15)16)3-4-7(8)18-11(12)13/h3-5,9,11H,2,14H2,1H3,(H,15,16)/t9-/m0/s1. The van der Waals surface area contributed by atoms with E-state index in [1.54, 1.807) is 6.92 Å². The molecule has 0 saturated carbocycles. The number of rotatable bonds is 6. The number of ether oxygens (including phenoxy) is 2. The molecule has 0 saturated heterocycles. The van der Waals surface area contributed by atoms with Crippen LogP contribution in [0.2, 0.25) is 0 Å². The van der Waals surface area contributed by atoms with Crippen molar-refractivity contribution in [2.45, 2.75) is 19.6 Å². The summed E-state index contributed by atoms with van der Waals surface area (Å²) in [6.07, 6.45) is 0. The highest BCUT2D eigenvalue weighted by Crippen LogP contribution is 2.31. The molecule has 0 unspecified atom stereocenters. The molecule has 0 spiro atoms. The van der Waals surface area contributed by atoms with Gasteiger partial charge in [0.25, 0.3) is 0 Å². The lowest BCUT2D eigenvalue weighted by atomic mass is 10.1. The number of hydrogen-bond donors (Lipinski definition) is 2. The Balaban J connectivity index is 3.05. The average molecular weight is 261 g/mol. The van der Waals surface area contributed by atoms with Crippen molar-refractivity contribution in [1.82, 2.24) is 0 Å². The number of hydrogen-bond acceptors (Lipinski definition) is 4. The van der Waals surface area contributed by atoms with E-state index in [2.05, 4.69) is 4.74 Å². The fraction of sp³-hybridized carbons (Fsp3) is 0.364. The first kappa shape index (κ1) is 14.2. The third-order valence-electron chi connectivity index (χ3n) is 2.11. The topological polar surface area (TPSA) is 81.8 Å². The van der Waals surface area contributed by atoms with E-state index in [0.717, 1.165) is 0 Å². The highest BCUT2D eigenvalue weighted by molar-refractivity contribution is 5.75. The maximum atomic E-state index is 12.1. The Kier molecular flexibility index (Phi) is 4.85. The van der Waals surface area contributed by atoms with Crippen molar-refractivity contribution in [2.24, 2.45) is 5.73 Å². The zero-order chi connectivity index (χ0) is 13.7. The molecule has 0 aliphatic carbocycles. The van der Waals surface area contributed by atoms with E-state index in [1.807, 2.05) is 0 Å². The van der Waals surface area contributed by atoms with Crippen LogP contribution in [0.15, 0.2) is 18.2 Å². The number of halogens is 2. The summed E-state index contributed by atoms with van der Waals surface area (Å²) in [5.74, 6) is -1.35. The molecule has 0 aliphatic heterocycles. The fourth-order valence-corrected chi connectivity index (χ4v) is 1.32. The third-order valence-corrected chi connectivity index (χ3v) is 2.11.